The molecule has 1 heterocycles. The lowest BCUT2D eigenvalue weighted by atomic mass is 10.1. The molecule has 4 rings (SSSR count). The van der Waals surface area contributed by atoms with Gasteiger partial charge in [0.25, 0.3) is 5.91 Å². The van der Waals surface area contributed by atoms with Crippen molar-refractivity contribution in [3.05, 3.63) is 84.6 Å². The van der Waals surface area contributed by atoms with E-state index in [2.05, 4.69) is 5.32 Å². The average Bonchev–Trinajstić information content (AvgIpc) is 3.42. The summed E-state index contributed by atoms with van der Waals surface area (Å²) in [4.78, 5) is 32.7. The minimum Gasteiger partial charge on any atom is -0.497 e. The Labute approximate surface area is 233 Å². The summed E-state index contributed by atoms with van der Waals surface area (Å²) in [6.45, 7) is 0.293. The van der Waals surface area contributed by atoms with E-state index in [-0.39, 0.29) is 25.6 Å². The lowest BCUT2D eigenvalue weighted by Gasteiger charge is -2.22. The first-order valence-corrected chi connectivity index (χ1v) is 12.6. The predicted octanol–water partition coefficient (Wildman–Crippen LogP) is 4.29. The molecule has 2 amide bonds. The molecule has 0 unspecified atom stereocenters. The summed E-state index contributed by atoms with van der Waals surface area (Å²) >= 11 is 0. The number of hydrogen-bond donors (Lipinski definition) is 1. The Morgan fingerprint density at radius 1 is 0.850 bits per heavy atom. The summed E-state index contributed by atoms with van der Waals surface area (Å²) in [6.07, 6.45) is 1.84. The third-order valence-corrected chi connectivity index (χ3v) is 6.20. The average molecular weight is 545 g/mol. The van der Waals surface area contributed by atoms with Crippen LogP contribution in [-0.4, -0.2) is 74.4 Å². The van der Waals surface area contributed by atoms with Crippen LogP contribution in [0.5, 0.6) is 17.2 Å². The first kappa shape index (κ1) is 28.2. The summed E-state index contributed by atoms with van der Waals surface area (Å²) in [5, 5.41) is 2.88. The van der Waals surface area contributed by atoms with Crippen LogP contribution in [0, 0.1) is 0 Å². The van der Waals surface area contributed by atoms with E-state index in [1.807, 2.05) is 54.7 Å². The van der Waals surface area contributed by atoms with Crippen molar-refractivity contribution in [2.24, 2.45) is 0 Å². The van der Waals surface area contributed by atoms with E-state index < -0.39 is 5.91 Å². The molecule has 0 radical (unpaired) electrons. The molecule has 10 heteroatoms. The molecular weight excluding hydrogens is 512 g/mol. The Bertz CT molecular complexity index is 1430. The van der Waals surface area contributed by atoms with Gasteiger partial charge in [-0.15, -0.1) is 0 Å². The van der Waals surface area contributed by atoms with Gasteiger partial charge in [0.2, 0.25) is 11.9 Å². The molecule has 0 aliphatic carbocycles. The minimum absolute atomic E-state index is 0.202. The van der Waals surface area contributed by atoms with Crippen molar-refractivity contribution in [3.8, 4) is 34.2 Å². The zero-order valence-electron chi connectivity index (χ0n) is 22.9. The molecule has 0 saturated heterocycles. The van der Waals surface area contributed by atoms with Crippen molar-refractivity contribution >= 4 is 17.8 Å². The Kier molecular flexibility index (Phi) is 9.37. The number of carbonyl (C=O) groups excluding carboxylic acids is 2. The summed E-state index contributed by atoms with van der Waals surface area (Å²) in [7, 11) is 6.28. The molecule has 0 saturated carbocycles. The summed E-state index contributed by atoms with van der Waals surface area (Å²) in [6, 6.07) is 21.7. The topological polar surface area (TPSA) is 104 Å². The van der Waals surface area contributed by atoms with E-state index in [1.54, 1.807) is 50.2 Å². The highest BCUT2D eigenvalue weighted by atomic mass is 16.5. The van der Waals surface area contributed by atoms with Gasteiger partial charge in [0, 0.05) is 36.7 Å². The van der Waals surface area contributed by atoms with Gasteiger partial charge in [0.05, 0.1) is 33.6 Å². The van der Waals surface area contributed by atoms with Crippen LogP contribution in [-0.2, 0) is 9.53 Å². The molecule has 4 aromatic rings. The van der Waals surface area contributed by atoms with Crippen LogP contribution in [0.2, 0.25) is 0 Å². The van der Waals surface area contributed by atoms with E-state index in [0.717, 1.165) is 17.0 Å². The fourth-order valence-electron chi connectivity index (χ4n) is 4.04. The molecule has 0 aliphatic heterocycles. The molecule has 1 N–H and O–H groups in total. The number of nitrogens with zero attached hydrogens (tertiary/aromatic N) is 3. The molecule has 3 aromatic carbocycles. The number of imidazole rings is 1. The van der Waals surface area contributed by atoms with Crippen LogP contribution in [0.25, 0.3) is 16.9 Å². The van der Waals surface area contributed by atoms with Crippen LogP contribution in [0.3, 0.4) is 0 Å². The van der Waals surface area contributed by atoms with Crippen LogP contribution < -0.4 is 19.5 Å². The monoisotopic (exact) mass is 544 g/mol. The van der Waals surface area contributed by atoms with Crippen LogP contribution >= 0.6 is 0 Å². The van der Waals surface area contributed by atoms with Gasteiger partial charge in [-0.3, -0.25) is 19.5 Å². The molecule has 0 bridgehead atoms. The first-order chi connectivity index (χ1) is 19.4. The number of nitrogens with one attached hydrogen (secondary N) is 1. The molecule has 0 aliphatic rings. The summed E-state index contributed by atoms with van der Waals surface area (Å²) < 4.78 is 22.8. The van der Waals surface area contributed by atoms with E-state index in [0.29, 0.717) is 28.7 Å². The van der Waals surface area contributed by atoms with Crippen molar-refractivity contribution in [1.29, 1.82) is 0 Å². The predicted molar refractivity (Wildman–Crippen MR) is 152 cm³/mol. The van der Waals surface area contributed by atoms with Crippen LogP contribution in [0.15, 0.2) is 79.0 Å². The maximum absolute atomic E-state index is 13.3. The normalized spacial score (nSPS) is 10.6. The van der Waals surface area contributed by atoms with Crippen molar-refractivity contribution < 1.29 is 28.5 Å². The summed E-state index contributed by atoms with van der Waals surface area (Å²) in [5.41, 5.74) is 2.67. The second-order valence-corrected chi connectivity index (χ2v) is 8.75. The quantitative estimate of drug-likeness (QED) is 0.284. The minimum atomic E-state index is -0.408. The van der Waals surface area contributed by atoms with Gasteiger partial charge in [0.15, 0.2) is 0 Å². The second kappa shape index (κ2) is 13.3. The van der Waals surface area contributed by atoms with E-state index >= 15 is 0 Å². The van der Waals surface area contributed by atoms with E-state index in [9.17, 15) is 9.59 Å². The fourth-order valence-corrected chi connectivity index (χ4v) is 4.04. The number of anilines is 1. The molecule has 0 fully saturated rings. The summed E-state index contributed by atoms with van der Waals surface area (Å²) in [5.74, 6) is 1.56. The number of aromatic nitrogens is 2. The molecule has 10 nitrogen and oxygen atoms in total. The van der Waals surface area contributed by atoms with Crippen molar-refractivity contribution in [2.45, 2.75) is 0 Å². The Morgan fingerprint density at radius 3 is 2.12 bits per heavy atom. The highest BCUT2D eigenvalue weighted by Crippen LogP contribution is 2.27. The number of rotatable bonds is 12. The number of hydrogen-bond acceptors (Lipinski definition) is 7. The van der Waals surface area contributed by atoms with Crippen LogP contribution in [0.1, 0.15) is 10.4 Å². The van der Waals surface area contributed by atoms with Gasteiger partial charge in [0.1, 0.15) is 23.8 Å². The maximum Gasteiger partial charge on any atom is 0.254 e. The molecule has 40 heavy (non-hydrogen) atoms. The van der Waals surface area contributed by atoms with Gasteiger partial charge in [-0.1, -0.05) is 6.07 Å². The zero-order valence-corrected chi connectivity index (χ0v) is 22.9. The zero-order chi connectivity index (χ0) is 28.5. The lowest BCUT2D eigenvalue weighted by Crippen LogP contribution is -2.40. The number of carbonyl (C=O) groups is 2. The van der Waals surface area contributed by atoms with Crippen molar-refractivity contribution in [2.75, 3.05) is 53.5 Å². The Balaban J connectivity index is 1.61. The number of benzene rings is 3. The third kappa shape index (κ3) is 6.78. The van der Waals surface area contributed by atoms with Gasteiger partial charge < -0.3 is 23.8 Å². The second-order valence-electron chi connectivity index (χ2n) is 8.75. The van der Waals surface area contributed by atoms with Crippen LogP contribution in [0.4, 0.5) is 5.95 Å². The molecular formula is C30H32N4O6. The molecule has 208 valence electrons. The number of amides is 2. The number of methoxy groups -OCH3 is 4. The molecule has 0 spiro atoms. The van der Waals surface area contributed by atoms with E-state index in [1.165, 1.54) is 12.0 Å². The van der Waals surface area contributed by atoms with Gasteiger partial charge in [-0.25, -0.2) is 4.98 Å². The largest absolute Gasteiger partial charge is 0.497 e. The number of ether oxygens (including phenoxy) is 4. The molecule has 1 aromatic heterocycles. The highest BCUT2D eigenvalue weighted by Gasteiger charge is 2.21. The smallest absolute Gasteiger partial charge is 0.254 e. The Hall–Kier alpha value is -4.83. The fraction of sp³-hybridized carbons (Fsp3) is 0.233. The standard InChI is InChI=1S/C30H32N4O6/c1-37-17-16-33(29(36)22-6-5-7-26(18-22)40-4)20-28(35)32-30-31-27(21-8-12-24(38-2)13-9-21)19-34(30)23-10-14-25(39-3)15-11-23/h5-15,18-19H,16-17,20H2,1-4H3,(H,31,32,35). The first-order valence-electron chi connectivity index (χ1n) is 12.6. The molecule has 0 atom stereocenters. The van der Waals surface area contributed by atoms with Gasteiger partial charge in [-0.2, -0.15) is 0 Å². The van der Waals surface area contributed by atoms with Crippen molar-refractivity contribution in [3.63, 3.8) is 0 Å². The Morgan fingerprint density at radius 2 is 1.50 bits per heavy atom. The van der Waals surface area contributed by atoms with Gasteiger partial charge in [-0.05, 0) is 66.7 Å². The van der Waals surface area contributed by atoms with Crippen molar-refractivity contribution in [1.82, 2.24) is 14.5 Å². The maximum atomic E-state index is 13.3. The van der Waals surface area contributed by atoms with Gasteiger partial charge >= 0.3 is 0 Å². The highest BCUT2D eigenvalue weighted by molar-refractivity contribution is 5.99. The van der Waals surface area contributed by atoms with E-state index in [4.69, 9.17) is 23.9 Å². The SMILES string of the molecule is COCCN(CC(=O)Nc1nc(-c2ccc(OC)cc2)cn1-c1ccc(OC)cc1)C(=O)c1cccc(OC)c1. The third-order valence-electron chi connectivity index (χ3n) is 6.20. The lowest BCUT2D eigenvalue weighted by molar-refractivity contribution is -0.117.